The third-order valence-electron chi connectivity index (χ3n) is 7.20. The van der Waals surface area contributed by atoms with Crippen LogP contribution in [0.3, 0.4) is 0 Å². The fourth-order valence-electron chi connectivity index (χ4n) is 5.43. The summed E-state index contributed by atoms with van der Waals surface area (Å²) in [6.45, 7) is 5.34. The predicted octanol–water partition coefficient (Wildman–Crippen LogP) is 6.05. The predicted molar refractivity (Wildman–Crippen MR) is 132 cm³/mol. The van der Waals surface area contributed by atoms with Crippen molar-refractivity contribution in [1.29, 1.82) is 0 Å². The highest BCUT2D eigenvalue weighted by Gasteiger charge is 2.33. The Bertz CT molecular complexity index is 1120. The Hall–Kier alpha value is -2.43. The summed E-state index contributed by atoms with van der Waals surface area (Å²) in [5, 5.41) is 0.800. The minimum absolute atomic E-state index is 0.316. The Morgan fingerprint density at radius 3 is 2.72 bits per heavy atom. The number of fused-ring (bicyclic) bond motifs is 2. The van der Waals surface area contributed by atoms with Crippen molar-refractivity contribution in [1.82, 2.24) is 19.4 Å². The lowest BCUT2D eigenvalue weighted by Crippen LogP contribution is -2.33. The summed E-state index contributed by atoms with van der Waals surface area (Å²) >= 11 is 6.47. The number of allylic oxidation sites excluding steroid dienone is 1. The molecule has 0 saturated carbocycles. The fraction of sp³-hybridized carbons (Fsp3) is 0.407. The number of nitrogens with zero attached hydrogens (tertiary/aromatic N) is 4. The molecule has 2 aromatic heterocycles. The van der Waals surface area contributed by atoms with Gasteiger partial charge in [-0.3, -0.25) is 4.98 Å². The van der Waals surface area contributed by atoms with Crippen molar-refractivity contribution in [3.05, 3.63) is 82.2 Å². The van der Waals surface area contributed by atoms with Crippen LogP contribution < -0.4 is 0 Å². The molecule has 1 aliphatic carbocycles. The molecule has 1 aromatic carbocycles. The van der Waals surface area contributed by atoms with Gasteiger partial charge in [-0.15, -0.1) is 0 Å². The number of hydrogen-bond donors (Lipinski definition) is 0. The topological polar surface area (TPSA) is 34.0 Å². The van der Waals surface area contributed by atoms with Crippen molar-refractivity contribution in [2.24, 2.45) is 5.92 Å². The fourth-order valence-corrected chi connectivity index (χ4v) is 5.61. The van der Waals surface area contributed by atoms with E-state index < -0.39 is 0 Å². The van der Waals surface area contributed by atoms with Crippen molar-refractivity contribution in [3.63, 3.8) is 0 Å². The number of aryl methyl sites for hydroxylation is 2. The number of pyridine rings is 1. The Morgan fingerprint density at radius 2 is 1.94 bits per heavy atom. The molecule has 0 N–H and O–H groups in total. The first-order chi connectivity index (χ1) is 15.6. The standard InChI is InChI=1S/C27H31ClN4/c1-19-29-12-16-32(19)13-4-5-21-17-22-18-23(28)7-8-24(22)26(20-9-14-31(2)15-10-20)27-25(21)6-3-11-30-27/h3,6-8,11-12,16-18,20,26H,4-5,9-10,13-15H2,1-2H3. The second kappa shape index (κ2) is 9.21. The smallest absolute Gasteiger partial charge is 0.105 e. The zero-order valence-corrected chi connectivity index (χ0v) is 19.7. The maximum Gasteiger partial charge on any atom is 0.105 e. The van der Waals surface area contributed by atoms with Gasteiger partial charge in [-0.25, -0.2) is 4.98 Å². The van der Waals surface area contributed by atoms with E-state index in [0.29, 0.717) is 11.8 Å². The van der Waals surface area contributed by atoms with Crippen molar-refractivity contribution >= 4 is 23.3 Å². The molecule has 3 heterocycles. The molecule has 1 saturated heterocycles. The molecule has 0 spiro atoms. The van der Waals surface area contributed by atoms with Crippen LogP contribution >= 0.6 is 11.6 Å². The number of hydrogen-bond acceptors (Lipinski definition) is 3. The normalized spacial score (nSPS) is 19.2. The van der Waals surface area contributed by atoms with Crippen LogP contribution in [0.2, 0.25) is 5.02 Å². The van der Waals surface area contributed by atoms with E-state index in [-0.39, 0.29) is 0 Å². The Kier molecular flexibility index (Phi) is 6.16. The molecule has 3 aromatic rings. The highest BCUT2D eigenvalue weighted by atomic mass is 35.5. The molecule has 1 aliphatic heterocycles. The van der Waals surface area contributed by atoms with Crippen molar-refractivity contribution in [2.75, 3.05) is 20.1 Å². The largest absolute Gasteiger partial charge is 0.335 e. The van der Waals surface area contributed by atoms with Gasteiger partial charge in [0.2, 0.25) is 0 Å². The Morgan fingerprint density at radius 1 is 1.09 bits per heavy atom. The molecule has 0 amide bonds. The minimum atomic E-state index is 0.316. The van der Waals surface area contributed by atoms with Gasteiger partial charge in [0.1, 0.15) is 5.82 Å². The van der Waals surface area contributed by atoms with Gasteiger partial charge in [0.15, 0.2) is 0 Å². The van der Waals surface area contributed by atoms with Crippen LogP contribution in [0.15, 0.2) is 48.9 Å². The molecule has 5 heteroatoms. The summed E-state index contributed by atoms with van der Waals surface area (Å²) in [5.74, 6) is 1.99. The number of rotatable bonds is 5. The van der Waals surface area contributed by atoms with Crippen molar-refractivity contribution in [3.8, 4) is 0 Å². The highest BCUT2D eigenvalue weighted by molar-refractivity contribution is 6.30. The molecule has 0 bridgehead atoms. The van der Waals surface area contributed by atoms with Gasteiger partial charge in [0, 0.05) is 36.1 Å². The third kappa shape index (κ3) is 4.26. The lowest BCUT2D eigenvalue weighted by Gasteiger charge is -2.35. The second-order valence-electron chi connectivity index (χ2n) is 9.27. The summed E-state index contributed by atoms with van der Waals surface area (Å²) in [5.41, 5.74) is 6.56. The highest BCUT2D eigenvalue weighted by Crippen LogP contribution is 2.45. The quantitative estimate of drug-likeness (QED) is 0.478. The lowest BCUT2D eigenvalue weighted by atomic mass is 9.76. The van der Waals surface area contributed by atoms with Crippen molar-refractivity contribution in [2.45, 2.75) is 45.1 Å². The van der Waals surface area contributed by atoms with Crippen LogP contribution in [0.1, 0.15) is 59.8 Å². The maximum absolute atomic E-state index is 6.47. The molecule has 5 rings (SSSR count). The molecule has 2 aliphatic rings. The van der Waals surface area contributed by atoms with E-state index in [9.17, 15) is 0 Å². The maximum atomic E-state index is 6.47. The van der Waals surface area contributed by atoms with Crippen molar-refractivity contribution < 1.29 is 0 Å². The minimum Gasteiger partial charge on any atom is -0.335 e. The first-order valence-electron chi connectivity index (χ1n) is 11.7. The number of benzene rings is 1. The molecule has 1 unspecified atom stereocenters. The summed E-state index contributed by atoms with van der Waals surface area (Å²) in [6.07, 6.45) is 12.8. The van der Waals surface area contributed by atoms with Gasteiger partial charge in [-0.05, 0) is 99.1 Å². The third-order valence-corrected chi connectivity index (χ3v) is 7.43. The van der Waals surface area contributed by atoms with E-state index in [1.165, 1.54) is 40.8 Å². The molecular formula is C27H31ClN4. The SMILES string of the molecule is Cc1nccn1CCCC1=Cc2cc(Cl)ccc2C(C2CCN(C)CC2)c2ncccc21. The van der Waals surface area contributed by atoms with Crippen LogP contribution in [-0.4, -0.2) is 39.6 Å². The zero-order valence-electron chi connectivity index (χ0n) is 19.0. The first kappa shape index (κ1) is 21.4. The number of halogens is 1. The lowest BCUT2D eigenvalue weighted by molar-refractivity contribution is 0.206. The van der Waals surface area contributed by atoms with E-state index >= 15 is 0 Å². The Balaban J connectivity index is 1.52. The molecule has 4 nitrogen and oxygen atoms in total. The molecule has 32 heavy (non-hydrogen) atoms. The van der Waals surface area contributed by atoms with Crippen LogP contribution in [0.25, 0.3) is 11.6 Å². The first-order valence-corrected chi connectivity index (χ1v) is 12.1. The monoisotopic (exact) mass is 446 g/mol. The summed E-state index contributed by atoms with van der Waals surface area (Å²) in [7, 11) is 2.23. The van der Waals surface area contributed by atoms with Gasteiger partial charge in [-0.1, -0.05) is 29.8 Å². The van der Waals surface area contributed by atoms with E-state index in [1.807, 2.05) is 18.5 Å². The number of imidazole rings is 1. The summed E-state index contributed by atoms with van der Waals surface area (Å²) < 4.78 is 2.23. The van der Waals surface area contributed by atoms with Gasteiger partial charge in [0.25, 0.3) is 0 Å². The second-order valence-corrected chi connectivity index (χ2v) is 9.71. The average Bonchev–Trinajstić information content (AvgIpc) is 3.15. The van der Waals surface area contributed by atoms with E-state index in [4.69, 9.17) is 16.6 Å². The van der Waals surface area contributed by atoms with Gasteiger partial charge >= 0.3 is 0 Å². The van der Waals surface area contributed by atoms with E-state index in [1.54, 1.807) is 0 Å². The molecule has 1 fully saturated rings. The van der Waals surface area contributed by atoms with E-state index in [0.717, 1.165) is 43.3 Å². The van der Waals surface area contributed by atoms with E-state index in [2.05, 4.69) is 65.0 Å². The van der Waals surface area contributed by atoms with Gasteiger partial charge in [-0.2, -0.15) is 0 Å². The molecule has 1 atom stereocenters. The molecule has 0 radical (unpaired) electrons. The van der Waals surface area contributed by atoms with Crippen LogP contribution in [0.5, 0.6) is 0 Å². The van der Waals surface area contributed by atoms with Gasteiger partial charge < -0.3 is 9.47 Å². The number of aromatic nitrogens is 3. The van der Waals surface area contributed by atoms with Crippen LogP contribution in [0, 0.1) is 12.8 Å². The number of piperidine rings is 1. The van der Waals surface area contributed by atoms with Gasteiger partial charge in [0.05, 0.1) is 5.69 Å². The molecule has 166 valence electrons. The zero-order chi connectivity index (χ0) is 22.1. The Labute approximate surface area is 196 Å². The summed E-state index contributed by atoms with van der Waals surface area (Å²) in [6, 6.07) is 10.8. The number of likely N-dealkylation sites (tertiary alicyclic amines) is 1. The van der Waals surface area contributed by atoms with Crippen LogP contribution in [-0.2, 0) is 6.54 Å². The average molecular weight is 447 g/mol. The molecular weight excluding hydrogens is 416 g/mol. The summed E-state index contributed by atoms with van der Waals surface area (Å²) in [4.78, 5) is 11.8. The van der Waals surface area contributed by atoms with Crippen LogP contribution in [0.4, 0.5) is 0 Å².